The second kappa shape index (κ2) is 4.60. The van der Waals surface area contributed by atoms with E-state index in [0.29, 0.717) is 0 Å². The summed E-state index contributed by atoms with van der Waals surface area (Å²) in [5, 5.41) is 6.00. The van der Waals surface area contributed by atoms with Crippen LogP contribution in [0.5, 0.6) is 0 Å². The molecular weight excluding hydrogens is 288 g/mol. The van der Waals surface area contributed by atoms with Crippen LogP contribution in [0.3, 0.4) is 0 Å². The van der Waals surface area contributed by atoms with Gasteiger partial charge in [-0.3, -0.25) is 0 Å². The van der Waals surface area contributed by atoms with Crippen molar-refractivity contribution >= 4 is 27.5 Å². The van der Waals surface area contributed by atoms with Crippen LogP contribution in [0.1, 0.15) is 17.0 Å². The molecule has 4 heteroatoms. The van der Waals surface area contributed by atoms with E-state index in [1.807, 2.05) is 36.7 Å². The molecule has 2 aromatic rings. The summed E-state index contributed by atoms with van der Waals surface area (Å²) in [5.74, 6) is 0. The van der Waals surface area contributed by atoms with Gasteiger partial charge < -0.3 is 0 Å². The van der Waals surface area contributed by atoms with Gasteiger partial charge in [-0.05, 0) is 25.5 Å². The number of nitrogens with zero attached hydrogens (tertiary/aromatic N) is 2. The van der Waals surface area contributed by atoms with Gasteiger partial charge >= 0.3 is 0 Å². The van der Waals surface area contributed by atoms with Crippen molar-refractivity contribution in [3.8, 4) is 5.69 Å². The molecule has 0 radical (unpaired) electrons. The number of para-hydroxylation sites is 1. The summed E-state index contributed by atoms with van der Waals surface area (Å²) in [4.78, 5) is 0. The predicted molar refractivity (Wildman–Crippen MR) is 70.7 cm³/mol. The Morgan fingerprint density at radius 2 is 2.00 bits per heavy atom. The van der Waals surface area contributed by atoms with E-state index in [2.05, 4.69) is 27.1 Å². The van der Waals surface area contributed by atoms with Gasteiger partial charge in [-0.1, -0.05) is 45.7 Å². The van der Waals surface area contributed by atoms with Gasteiger partial charge in [0.2, 0.25) is 0 Å². The fourth-order valence-corrected chi connectivity index (χ4v) is 2.28. The molecule has 1 aromatic heterocycles. The zero-order chi connectivity index (χ0) is 11.7. The first kappa shape index (κ1) is 11.7. The maximum absolute atomic E-state index is 6.15. The highest BCUT2D eigenvalue weighted by molar-refractivity contribution is 9.08. The molecule has 84 valence electrons. The Balaban J connectivity index is 2.63. The van der Waals surface area contributed by atoms with Crippen molar-refractivity contribution in [2.24, 2.45) is 0 Å². The quantitative estimate of drug-likeness (QED) is 0.765. The fraction of sp³-hybridized carbons (Fsp3) is 0.250. The Kier molecular flexibility index (Phi) is 3.36. The van der Waals surface area contributed by atoms with Gasteiger partial charge in [0.25, 0.3) is 0 Å². The van der Waals surface area contributed by atoms with Gasteiger partial charge in [0.1, 0.15) is 0 Å². The van der Waals surface area contributed by atoms with Crippen molar-refractivity contribution in [3.05, 3.63) is 46.2 Å². The highest BCUT2D eigenvalue weighted by Crippen LogP contribution is 2.24. The van der Waals surface area contributed by atoms with Crippen LogP contribution in [0.4, 0.5) is 0 Å². The van der Waals surface area contributed by atoms with Crippen LogP contribution in [0.15, 0.2) is 24.3 Å². The van der Waals surface area contributed by atoms with Crippen LogP contribution in [0.2, 0.25) is 5.02 Å². The first-order valence-electron chi connectivity index (χ1n) is 5.01. The zero-order valence-electron chi connectivity index (χ0n) is 9.17. The highest BCUT2D eigenvalue weighted by Gasteiger charge is 2.12. The van der Waals surface area contributed by atoms with Gasteiger partial charge in [-0.15, -0.1) is 0 Å². The van der Waals surface area contributed by atoms with Gasteiger partial charge in [-0.25, -0.2) is 4.68 Å². The minimum atomic E-state index is 0.740. The van der Waals surface area contributed by atoms with Gasteiger partial charge in [-0.2, -0.15) is 5.10 Å². The average Bonchev–Trinajstić information content (AvgIpc) is 2.57. The van der Waals surface area contributed by atoms with Gasteiger partial charge in [0.15, 0.2) is 0 Å². The number of halogens is 2. The van der Waals surface area contributed by atoms with E-state index < -0.39 is 0 Å². The fourth-order valence-electron chi connectivity index (χ4n) is 1.69. The second-order valence-electron chi connectivity index (χ2n) is 3.66. The molecule has 0 spiro atoms. The van der Waals surface area contributed by atoms with Crippen LogP contribution in [0.25, 0.3) is 5.69 Å². The molecule has 0 saturated heterocycles. The van der Waals surface area contributed by atoms with E-state index in [9.17, 15) is 0 Å². The molecule has 1 aromatic carbocycles. The molecule has 0 aliphatic rings. The maximum Gasteiger partial charge on any atom is 0.0848 e. The Labute approximate surface area is 108 Å². The van der Waals surface area contributed by atoms with E-state index in [-0.39, 0.29) is 0 Å². The first-order valence-corrected chi connectivity index (χ1v) is 6.51. The lowest BCUT2D eigenvalue weighted by molar-refractivity contribution is 0.827. The third-order valence-corrected chi connectivity index (χ3v) is 3.72. The van der Waals surface area contributed by atoms with Crippen molar-refractivity contribution in [1.82, 2.24) is 9.78 Å². The summed E-state index contributed by atoms with van der Waals surface area (Å²) < 4.78 is 1.90. The molecule has 0 atom stereocenters. The van der Waals surface area contributed by atoms with E-state index >= 15 is 0 Å². The minimum absolute atomic E-state index is 0.740. The third-order valence-electron chi connectivity index (χ3n) is 2.57. The maximum atomic E-state index is 6.15. The van der Waals surface area contributed by atoms with E-state index in [0.717, 1.165) is 27.4 Å². The van der Waals surface area contributed by atoms with Gasteiger partial charge in [0, 0.05) is 5.33 Å². The number of aryl methyl sites for hydroxylation is 1. The van der Waals surface area contributed by atoms with E-state index in [1.165, 1.54) is 5.56 Å². The summed E-state index contributed by atoms with van der Waals surface area (Å²) >= 11 is 9.63. The number of hydrogen-bond donors (Lipinski definition) is 0. The molecule has 16 heavy (non-hydrogen) atoms. The molecule has 0 amide bonds. The predicted octanol–water partition coefficient (Wildman–Crippen LogP) is 4.04. The summed E-state index contributed by atoms with van der Waals surface area (Å²) in [6.07, 6.45) is 0. The molecule has 2 rings (SSSR count). The Morgan fingerprint density at radius 3 is 2.56 bits per heavy atom. The molecule has 0 aliphatic heterocycles. The Hall–Kier alpha value is -0.800. The van der Waals surface area contributed by atoms with Crippen molar-refractivity contribution in [2.45, 2.75) is 19.2 Å². The lowest BCUT2D eigenvalue weighted by Gasteiger charge is -2.08. The molecule has 0 bridgehead atoms. The minimum Gasteiger partial charge on any atom is -0.236 e. The van der Waals surface area contributed by atoms with Crippen molar-refractivity contribution in [2.75, 3.05) is 0 Å². The van der Waals surface area contributed by atoms with E-state index in [1.54, 1.807) is 0 Å². The van der Waals surface area contributed by atoms with Crippen LogP contribution >= 0.6 is 27.5 Å². The monoisotopic (exact) mass is 298 g/mol. The second-order valence-corrected chi connectivity index (χ2v) is 4.60. The lowest BCUT2D eigenvalue weighted by atomic mass is 10.2. The summed E-state index contributed by atoms with van der Waals surface area (Å²) in [6.45, 7) is 3.90. The molecule has 1 heterocycles. The topological polar surface area (TPSA) is 17.8 Å². The summed E-state index contributed by atoms with van der Waals surface area (Å²) in [5.41, 5.74) is 4.12. The SMILES string of the molecule is Cc1nn(-c2ccccc2CBr)c(C)c1Cl. The van der Waals surface area contributed by atoms with Crippen molar-refractivity contribution in [3.63, 3.8) is 0 Å². The molecule has 0 saturated carbocycles. The van der Waals surface area contributed by atoms with Crippen LogP contribution in [0, 0.1) is 13.8 Å². The van der Waals surface area contributed by atoms with E-state index in [4.69, 9.17) is 11.6 Å². The lowest BCUT2D eigenvalue weighted by Crippen LogP contribution is -2.02. The average molecular weight is 300 g/mol. The van der Waals surface area contributed by atoms with Crippen LogP contribution < -0.4 is 0 Å². The summed E-state index contributed by atoms with van der Waals surface area (Å²) in [7, 11) is 0. The van der Waals surface area contributed by atoms with Crippen LogP contribution in [-0.2, 0) is 5.33 Å². The molecular formula is C12H12BrClN2. The normalized spacial score (nSPS) is 10.8. The van der Waals surface area contributed by atoms with Crippen molar-refractivity contribution < 1.29 is 0 Å². The third kappa shape index (κ3) is 1.89. The Morgan fingerprint density at radius 1 is 1.31 bits per heavy atom. The Bertz CT molecular complexity index is 520. The molecule has 0 fully saturated rings. The number of benzene rings is 1. The van der Waals surface area contributed by atoms with Crippen molar-refractivity contribution in [1.29, 1.82) is 0 Å². The first-order chi connectivity index (χ1) is 7.65. The zero-order valence-corrected chi connectivity index (χ0v) is 11.5. The number of aromatic nitrogens is 2. The smallest absolute Gasteiger partial charge is 0.0848 e. The van der Waals surface area contributed by atoms with Gasteiger partial charge in [0.05, 0.1) is 22.1 Å². The summed E-state index contributed by atoms with van der Waals surface area (Å²) in [6, 6.07) is 8.15. The number of rotatable bonds is 2. The highest BCUT2D eigenvalue weighted by atomic mass is 79.9. The molecule has 0 aliphatic carbocycles. The number of hydrogen-bond acceptors (Lipinski definition) is 1. The molecule has 2 nitrogen and oxygen atoms in total. The number of alkyl halides is 1. The standard InChI is InChI=1S/C12H12BrClN2/c1-8-12(14)9(2)16(15-8)11-6-4-3-5-10(11)7-13/h3-6H,7H2,1-2H3. The molecule has 0 unspecified atom stereocenters. The largest absolute Gasteiger partial charge is 0.236 e. The van der Waals surface area contributed by atoms with Crippen LogP contribution in [-0.4, -0.2) is 9.78 Å². The molecule has 0 N–H and O–H groups in total.